The van der Waals surface area contributed by atoms with Crippen molar-refractivity contribution in [2.24, 2.45) is 28.1 Å². The van der Waals surface area contributed by atoms with Crippen molar-refractivity contribution in [3.63, 3.8) is 0 Å². The van der Waals surface area contributed by atoms with Gasteiger partial charge in [0.1, 0.15) is 0 Å². The lowest BCUT2D eigenvalue weighted by atomic mass is 9.46. The van der Waals surface area contributed by atoms with Crippen LogP contribution in [0.15, 0.2) is 59.5 Å². The van der Waals surface area contributed by atoms with Gasteiger partial charge in [0, 0.05) is 0 Å². The summed E-state index contributed by atoms with van der Waals surface area (Å²) >= 11 is 0. The van der Waals surface area contributed by atoms with Gasteiger partial charge in [-0.3, -0.25) is 4.18 Å². The minimum absolute atomic E-state index is 0.125. The summed E-state index contributed by atoms with van der Waals surface area (Å²) in [7, 11) is -3.72. The summed E-state index contributed by atoms with van der Waals surface area (Å²) in [6.07, 6.45) is 12.6. The Morgan fingerprint density at radius 3 is 2.57 bits per heavy atom. The highest BCUT2D eigenvalue weighted by molar-refractivity contribution is 7.86. The van der Waals surface area contributed by atoms with Gasteiger partial charge in [0.2, 0.25) is 0 Å². The number of benzene rings is 1. The topological polar surface area (TPSA) is 43.4 Å². The highest BCUT2D eigenvalue weighted by atomic mass is 32.2. The van der Waals surface area contributed by atoms with E-state index in [2.05, 4.69) is 39.5 Å². The van der Waals surface area contributed by atoms with Crippen molar-refractivity contribution in [3.05, 3.63) is 54.6 Å². The molecule has 0 amide bonds. The average Bonchev–Trinajstić information content (AvgIpc) is 2.73. The van der Waals surface area contributed by atoms with Gasteiger partial charge in [-0.05, 0) is 78.7 Å². The summed E-state index contributed by atoms with van der Waals surface area (Å²) in [5, 5.41) is 0. The second-order valence-electron chi connectivity index (χ2n) is 10.7. The number of rotatable bonds is 5. The van der Waals surface area contributed by atoms with E-state index in [1.807, 2.05) is 6.07 Å². The highest BCUT2D eigenvalue weighted by Gasteiger charge is 2.55. The molecule has 3 aliphatic carbocycles. The number of fused-ring (bicyclic) bond motifs is 3. The summed E-state index contributed by atoms with van der Waals surface area (Å²) in [6, 6.07) is 8.52. The zero-order valence-corrected chi connectivity index (χ0v) is 19.5. The minimum atomic E-state index is -3.72. The van der Waals surface area contributed by atoms with Crippen LogP contribution in [0.4, 0.5) is 0 Å². The largest absolute Gasteiger partial charge is 0.296 e. The number of hydrogen-bond acceptors (Lipinski definition) is 3. The zero-order valence-electron chi connectivity index (χ0n) is 18.7. The van der Waals surface area contributed by atoms with Crippen LogP contribution < -0.4 is 0 Å². The molecule has 4 heteroatoms. The predicted octanol–water partition coefficient (Wildman–Crippen LogP) is 6.53. The fourth-order valence-electron chi connectivity index (χ4n) is 6.79. The number of allylic oxidation sites excluding steroid dienone is 3. The molecule has 0 aliphatic heterocycles. The van der Waals surface area contributed by atoms with E-state index in [0.29, 0.717) is 11.8 Å². The zero-order chi connectivity index (χ0) is 21.6. The third kappa shape index (κ3) is 3.71. The van der Waals surface area contributed by atoms with Gasteiger partial charge < -0.3 is 0 Å². The molecule has 0 saturated heterocycles. The van der Waals surface area contributed by atoms with Gasteiger partial charge in [-0.1, -0.05) is 63.1 Å². The molecule has 0 heterocycles. The molecule has 1 aromatic carbocycles. The first-order chi connectivity index (χ1) is 14.1. The Bertz CT molecular complexity index is 934. The minimum Gasteiger partial charge on any atom is -0.266 e. The van der Waals surface area contributed by atoms with E-state index >= 15 is 0 Å². The van der Waals surface area contributed by atoms with E-state index in [1.165, 1.54) is 19.3 Å². The first kappa shape index (κ1) is 21.8. The SMILES string of the molecule is C=C[C@]1(C)CC=C2C(CCC3[C@@](C)(COS(=O)(=O)c4ccccc4)CCC[C@]23C)C1. The van der Waals surface area contributed by atoms with Crippen molar-refractivity contribution in [1.82, 2.24) is 0 Å². The van der Waals surface area contributed by atoms with Crippen LogP contribution >= 0.6 is 0 Å². The van der Waals surface area contributed by atoms with E-state index in [-0.39, 0.29) is 27.7 Å². The first-order valence-corrected chi connectivity index (χ1v) is 12.8. The van der Waals surface area contributed by atoms with Crippen LogP contribution in [-0.4, -0.2) is 15.0 Å². The highest BCUT2D eigenvalue weighted by Crippen LogP contribution is 2.63. The normalized spacial score (nSPS) is 38.8. The summed E-state index contributed by atoms with van der Waals surface area (Å²) in [5.74, 6) is 1.10. The van der Waals surface area contributed by atoms with Gasteiger partial charge in [0.05, 0.1) is 11.5 Å². The van der Waals surface area contributed by atoms with E-state index in [1.54, 1.807) is 29.8 Å². The van der Waals surface area contributed by atoms with Crippen LogP contribution in [0.25, 0.3) is 0 Å². The van der Waals surface area contributed by atoms with Crippen LogP contribution in [0.3, 0.4) is 0 Å². The molecule has 5 atom stereocenters. The van der Waals surface area contributed by atoms with Crippen molar-refractivity contribution >= 4 is 10.1 Å². The third-order valence-electron chi connectivity index (χ3n) is 8.53. The van der Waals surface area contributed by atoms with Crippen LogP contribution in [0.1, 0.15) is 65.7 Å². The molecule has 3 aliphatic rings. The lowest BCUT2D eigenvalue weighted by Gasteiger charge is -2.59. The second-order valence-corrected chi connectivity index (χ2v) is 12.3. The Labute approximate surface area is 182 Å². The molecule has 164 valence electrons. The third-order valence-corrected chi connectivity index (χ3v) is 9.80. The molecule has 2 fully saturated rings. The molecular formula is C26H36O3S. The summed E-state index contributed by atoms with van der Waals surface area (Å²) in [6.45, 7) is 11.4. The molecule has 1 aromatic rings. The molecule has 0 radical (unpaired) electrons. The van der Waals surface area contributed by atoms with Crippen molar-refractivity contribution in [3.8, 4) is 0 Å². The molecule has 3 nitrogen and oxygen atoms in total. The quantitative estimate of drug-likeness (QED) is 0.396. The van der Waals surface area contributed by atoms with Crippen molar-refractivity contribution in [1.29, 1.82) is 0 Å². The van der Waals surface area contributed by atoms with Crippen LogP contribution in [-0.2, 0) is 14.3 Å². The van der Waals surface area contributed by atoms with Gasteiger partial charge in [-0.15, -0.1) is 6.58 Å². The lowest BCUT2D eigenvalue weighted by Crippen LogP contribution is -2.51. The standard InChI is InChI=1S/C26H36O3S/c1-5-24(2)17-14-22-20(18-24)12-13-23-25(3,15-9-16-26(22,23)4)19-29-30(27,28)21-10-7-6-8-11-21/h5-8,10-11,14,20,23H,1,9,12-13,15-19H2,2-4H3/t20?,23?,24-,25-,26-/m1/s1. The van der Waals surface area contributed by atoms with Gasteiger partial charge in [-0.25, -0.2) is 0 Å². The van der Waals surface area contributed by atoms with Gasteiger partial charge in [0.25, 0.3) is 10.1 Å². The fourth-order valence-corrected chi connectivity index (χ4v) is 7.84. The molecule has 0 spiro atoms. The van der Waals surface area contributed by atoms with Crippen LogP contribution in [0.5, 0.6) is 0 Å². The lowest BCUT2D eigenvalue weighted by molar-refractivity contribution is -0.0490. The Hall–Kier alpha value is -1.39. The van der Waals surface area contributed by atoms with Crippen molar-refractivity contribution < 1.29 is 12.6 Å². The predicted molar refractivity (Wildman–Crippen MR) is 121 cm³/mol. The van der Waals surface area contributed by atoms with Crippen LogP contribution in [0, 0.1) is 28.1 Å². The van der Waals surface area contributed by atoms with Crippen LogP contribution in [0.2, 0.25) is 0 Å². The van der Waals surface area contributed by atoms with Crippen molar-refractivity contribution in [2.75, 3.05) is 6.61 Å². The molecule has 0 N–H and O–H groups in total. The molecule has 0 aromatic heterocycles. The Morgan fingerprint density at radius 2 is 1.87 bits per heavy atom. The Balaban J connectivity index is 1.57. The Morgan fingerprint density at radius 1 is 1.13 bits per heavy atom. The maximum Gasteiger partial charge on any atom is 0.296 e. The monoisotopic (exact) mass is 428 g/mol. The molecule has 30 heavy (non-hydrogen) atoms. The van der Waals surface area contributed by atoms with Gasteiger partial charge in [0.15, 0.2) is 0 Å². The summed E-state index contributed by atoms with van der Waals surface area (Å²) in [4.78, 5) is 0.245. The summed E-state index contributed by atoms with van der Waals surface area (Å²) in [5.41, 5.74) is 1.87. The molecule has 0 bridgehead atoms. The fraction of sp³-hybridized carbons (Fsp3) is 0.615. The first-order valence-electron chi connectivity index (χ1n) is 11.4. The van der Waals surface area contributed by atoms with Gasteiger partial charge >= 0.3 is 0 Å². The second kappa shape index (κ2) is 7.63. The van der Waals surface area contributed by atoms with E-state index in [0.717, 1.165) is 25.7 Å². The van der Waals surface area contributed by atoms with E-state index in [9.17, 15) is 8.42 Å². The van der Waals surface area contributed by atoms with E-state index < -0.39 is 10.1 Å². The molecule has 2 unspecified atom stereocenters. The summed E-state index contributed by atoms with van der Waals surface area (Å²) < 4.78 is 31.2. The van der Waals surface area contributed by atoms with Crippen molar-refractivity contribution in [2.45, 2.75) is 70.6 Å². The smallest absolute Gasteiger partial charge is 0.266 e. The molecular weight excluding hydrogens is 392 g/mol. The maximum atomic E-state index is 12.7. The molecule has 4 rings (SSSR count). The average molecular weight is 429 g/mol. The van der Waals surface area contributed by atoms with Gasteiger partial charge in [-0.2, -0.15) is 8.42 Å². The number of hydrogen-bond donors (Lipinski definition) is 0. The molecule has 2 saturated carbocycles. The van der Waals surface area contributed by atoms with E-state index in [4.69, 9.17) is 4.18 Å². The Kier molecular flexibility index (Phi) is 5.55. The maximum absolute atomic E-state index is 12.7.